The first-order chi connectivity index (χ1) is 6.88. The SMILES string of the molecule is Cc1csc(N(C)CCNC(C)(C)C)n1. The smallest absolute Gasteiger partial charge is 0.185 e. The third-order valence-electron chi connectivity index (χ3n) is 2.04. The van der Waals surface area contributed by atoms with Gasteiger partial charge in [0, 0.05) is 31.1 Å². The first kappa shape index (κ1) is 12.5. The molecule has 86 valence electrons. The number of rotatable bonds is 4. The van der Waals surface area contributed by atoms with E-state index in [2.05, 4.69) is 48.4 Å². The number of aromatic nitrogens is 1. The lowest BCUT2D eigenvalue weighted by Crippen LogP contribution is -2.40. The lowest BCUT2D eigenvalue weighted by molar-refractivity contribution is 0.431. The number of hydrogen-bond acceptors (Lipinski definition) is 4. The molecule has 0 amide bonds. The molecule has 1 rings (SSSR count). The minimum absolute atomic E-state index is 0.194. The molecule has 3 nitrogen and oxygen atoms in total. The summed E-state index contributed by atoms with van der Waals surface area (Å²) >= 11 is 1.70. The third kappa shape index (κ3) is 4.62. The van der Waals surface area contributed by atoms with Crippen LogP contribution in [-0.4, -0.2) is 30.7 Å². The van der Waals surface area contributed by atoms with Gasteiger partial charge in [0.2, 0.25) is 0 Å². The Labute approximate surface area is 96.5 Å². The number of thiazole rings is 1. The zero-order valence-corrected chi connectivity index (χ0v) is 11.1. The highest BCUT2D eigenvalue weighted by Crippen LogP contribution is 2.17. The highest BCUT2D eigenvalue weighted by molar-refractivity contribution is 7.13. The molecule has 0 fully saturated rings. The summed E-state index contributed by atoms with van der Waals surface area (Å²) in [7, 11) is 2.09. The normalized spacial score (nSPS) is 11.8. The predicted octanol–water partition coefficient (Wildman–Crippen LogP) is 2.28. The molecule has 0 unspecified atom stereocenters. The summed E-state index contributed by atoms with van der Waals surface area (Å²) in [5.74, 6) is 0. The number of hydrogen-bond donors (Lipinski definition) is 1. The molecule has 0 aliphatic heterocycles. The second-order valence-electron chi connectivity index (χ2n) is 4.87. The summed E-state index contributed by atoms with van der Waals surface area (Å²) in [5, 5.41) is 6.65. The van der Waals surface area contributed by atoms with E-state index >= 15 is 0 Å². The van der Waals surface area contributed by atoms with Crippen molar-refractivity contribution in [2.24, 2.45) is 0 Å². The van der Waals surface area contributed by atoms with Gasteiger partial charge in [0.15, 0.2) is 5.13 Å². The van der Waals surface area contributed by atoms with E-state index in [0.29, 0.717) is 0 Å². The van der Waals surface area contributed by atoms with Crippen LogP contribution in [0.3, 0.4) is 0 Å². The Morgan fingerprint density at radius 1 is 1.47 bits per heavy atom. The average molecular weight is 227 g/mol. The Kier molecular flexibility index (Phi) is 4.11. The fourth-order valence-electron chi connectivity index (χ4n) is 1.21. The Morgan fingerprint density at radius 3 is 2.60 bits per heavy atom. The van der Waals surface area contributed by atoms with Gasteiger partial charge in [-0.2, -0.15) is 0 Å². The molecule has 4 heteroatoms. The standard InChI is InChI=1S/C11H21N3S/c1-9-8-15-10(13-9)14(5)7-6-12-11(2,3)4/h8,12H,6-7H2,1-5H3. The van der Waals surface area contributed by atoms with Gasteiger partial charge in [0.1, 0.15) is 0 Å². The summed E-state index contributed by atoms with van der Waals surface area (Å²) < 4.78 is 0. The van der Waals surface area contributed by atoms with Gasteiger partial charge in [-0.3, -0.25) is 0 Å². The highest BCUT2D eigenvalue weighted by atomic mass is 32.1. The van der Waals surface area contributed by atoms with Gasteiger partial charge in [0.05, 0.1) is 5.69 Å². The molecule has 0 saturated carbocycles. The number of aryl methyl sites for hydroxylation is 1. The molecular weight excluding hydrogens is 206 g/mol. The summed E-state index contributed by atoms with van der Waals surface area (Å²) in [6, 6.07) is 0. The molecule has 0 aliphatic rings. The van der Waals surface area contributed by atoms with Gasteiger partial charge >= 0.3 is 0 Å². The fraction of sp³-hybridized carbons (Fsp3) is 0.727. The molecule has 1 aromatic heterocycles. The second-order valence-corrected chi connectivity index (χ2v) is 5.71. The van der Waals surface area contributed by atoms with Crippen molar-refractivity contribution in [1.29, 1.82) is 0 Å². The van der Waals surface area contributed by atoms with Gasteiger partial charge in [-0.25, -0.2) is 4.98 Å². The van der Waals surface area contributed by atoms with Gasteiger partial charge in [0.25, 0.3) is 0 Å². The van der Waals surface area contributed by atoms with E-state index in [1.807, 2.05) is 6.92 Å². The van der Waals surface area contributed by atoms with Crippen LogP contribution in [0.5, 0.6) is 0 Å². The van der Waals surface area contributed by atoms with E-state index in [-0.39, 0.29) is 5.54 Å². The Morgan fingerprint density at radius 2 is 2.13 bits per heavy atom. The maximum Gasteiger partial charge on any atom is 0.185 e. The molecule has 1 heterocycles. The number of nitrogens with one attached hydrogen (secondary N) is 1. The molecule has 0 spiro atoms. The zero-order valence-electron chi connectivity index (χ0n) is 10.3. The number of anilines is 1. The molecule has 0 radical (unpaired) electrons. The lowest BCUT2D eigenvalue weighted by Gasteiger charge is -2.23. The van der Waals surface area contributed by atoms with E-state index in [9.17, 15) is 0 Å². The molecule has 0 saturated heterocycles. The fourth-order valence-corrected chi connectivity index (χ4v) is 2.01. The van der Waals surface area contributed by atoms with Crippen LogP contribution in [0.15, 0.2) is 5.38 Å². The summed E-state index contributed by atoms with van der Waals surface area (Å²) in [5.41, 5.74) is 1.30. The molecule has 1 N–H and O–H groups in total. The van der Waals surface area contributed by atoms with Crippen molar-refractivity contribution in [3.63, 3.8) is 0 Å². The molecule has 15 heavy (non-hydrogen) atoms. The Bertz CT molecular complexity index is 301. The summed E-state index contributed by atoms with van der Waals surface area (Å²) in [6.45, 7) is 10.5. The van der Waals surface area contributed by atoms with Gasteiger partial charge in [-0.1, -0.05) is 0 Å². The Balaban J connectivity index is 2.34. The summed E-state index contributed by atoms with van der Waals surface area (Å²) in [6.07, 6.45) is 0. The van der Waals surface area contributed by atoms with Crippen molar-refractivity contribution in [3.05, 3.63) is 11.1 Å². The third-order valence-corrected chi connectivity index (χ3v) is 3.11. The van der Waals surface area contributed by atoms with E-state index in [4.69, 9.17) is 0 Å². The number of nitrogens with zero attached hydrogens (tertiary/aromatic N) is 2. The monoisotopic (exact) mass is 227 g/mol. The maximum atomic E-state index is 4.44. The predicted molar refractivity (Wildman–Crippen MR) is 67.9 cm³/mol. The van der Waals surface area contributed by atoms with Crippen molar-refractivity contribution in [2.45, 2.75) is 33.2 Å². The minimum Gasteiger partial charge on any atom is -0.350 e. The Hall–Kier alpha value is -0.610. The van der Waals surface area contributed by atoms with Crippen molar-refractivity contribution in [3.8, 4) is 0 Å². The van der Waals surface area contributed by atoms with Gasteiger partial charge in [-0.15, -0.1) is 11.3 Å². The maximum absolute atomic E-state index is 4.44. The average Bonchev–Trinajstić information content (AvgIpc) is 2.49. The van der Waals surface area contributed by atoms with Crippen LogP contribution in [0.2, 0.25) is 0 Å². The molecule has 0 atom stereocenters. The van der Waals surface area contributed by atoms with Crippen molar-refractivity contribution in [2.75, 3.05) is 25.0 Å². The van der Waals surface area contributed by atoms with E-state index in [1.165, 1.54) is 0 Å². The van der Waals surface area contributed by atoms with Crippen molar-refractivity contribution in [1.82, 2.24) is 10.3 Å². The first-order valence-electron chi connectivity index (χ1n) is 5.27. The summed E-state index contributed by atoms with van der Waals surface area (Å²) in [4.78, 5) is 6.63. The van der Waals surface area contributed by atoms with Crippen molar-refractivity contribution < 1.29 is 0 Å². The van der Waals surface area contributed by atoms with Crippen molar-refractivity contribution >= 4 is 16.5 Å². The quantitative estimate of drug-likeness (QED) is 0.855. The first-order valence-corrected chi connectivity index (χ1v) is 6.15. The van der Waals surface area contributed by atoms with Crippen LogP contribution < -0.4 is 10.2 Å². The van der Waals surface area contributed by atoms with E-state index in [0.717, 1.165) is 23.9 Å². The highest BCUT2D eigenvalue weighted by Gasteiger charge is 2.09. The van der Waals surface area contributed by atoms with Crippen LogP contribution in [0, 0.1) is 6.92 Å². The molecule has 0 bridgehead atoms. The topological polar surface area (TPSA) is 28.2 Å². The van der Waals surface area contributed by atoms with Crippen LogP contribution in [0.1, 0.15) is 26.5 Å². The molecular formula is C11H21N3S. The molecule has 0 aliphatic carbocycles. The molecule has 0 aromatic carbocycles. The lowest BCUT2D eigenvalue weighted by atomic mass is 10.1. The second kappa shape index (κ2) is 4.94. The van der Waals surface area contributed by atoms with Crippen LogP contribution in [0.25, 0.3) is 0 Å². The number of likely N-dealkylation sites (N-methyl/N-ethyl adjacent to an activating group) is 1. The zero-order chi connectivity index (χ0) is 11.5. The van der Waals surface area contributed by atoms with Crippen LogP contribution in [0.4, 0.5) is 5.13 Å². The van der Waals surface area contributed by atoms with Gasteiger partial charge < -0.3 is 10.2 Å². The molecule has 1 aromatic rings. The van der Waals surface area contributed by atoms with Crippen LogP contribution in [-0.2, 0) is 0 Å². The van der Waals surface area contributed by atoms with E-state index in [1.54, 1.807) is 11.3 Å². The van der Waals surface area contributed by atoms with Crippen LogP contribution >= 0.6 is 11.3 Å². The largest absolute Gasteiger partial charge is 0.350 e. The minimum atomic E-state index is 0.194. The van der Waals surface area contributed by atoms with E-state index < -0.39 is 0 Å². The van der Waals surface area contributed by atoms with Gasteiger partial charge in [-0.05, 0) is 27.7 Å².